The molecule has 1 aromatic heterocycles. The number of nitrogens with one attached hydrogen (secondary N) is 2. The van der Waals surface area contributed by atoms with Crippen molar-refractivity contribution in [2.45, 2.75) is 32.2 Å². The van der Waals surface area contributed by atoms with Gasteiger partial charge in [-0.05, 0) is 32.9 Å². The van der Waals surface area contributed by atoms with Crippen LogP contribution in [-0.4, -0.2) is 40.5 Å². The van der Waals surface area contributed by atoms with Gasteiger partial charge in [-0.2, -0.15) is 4.98 Å². The van der Waals surface area contributed by atoms with Crippen molar-refractivity contribution in [3.63, 3.8) is 0 Å². The van der Waals surface area contributed by atoms with Crippen LogP contribution in [-0.2, 0) is 0 Å². The number of hydrazine groups is 1. The van der Waals surface area contributed by atoms with E-state index in [-0.39, 0.29) is 6.04 Å². The number of nitrogens with two attached hydrogens (primary N) is 1. The number of nitrogen functional groups attached to an aromatic ring is 1. The van der Waals surface area contributed by atoms with Crippen LogP contribution in [0.25, 0.3) is 0 Å². The Morgan fingerprint density at radius 2 is 2.16 bits per heavy atom. The van der Waals surface area contributed by atoms with E-state index in [1.54, 1.807) is 6.20 Å². The van der Waals surface area contributed by atoms with E-state index < -0.39 is 0 Å². The molecule has 0 amide bonds. The molecule has 0 aliphatic carbocycles. The predicted molar refractivity (Wildman–Crippen MR) is 78.2 cm³/mol. The fourth-order valence-corrected chi connectivity index (χ4v) is 2.49. The Kier molecular flexibility index (Phi) is 5.18. The summed E-state index contributed by atoms with van der Waals surface area (Å²) in [6.45, 7) is 5.48. The van der Waals surface area contributed by atoms with E-state index in [9.17, 15) is 0 Å². The SMILES string of the molecule is CC(CN1CCCCC1)Nc1nc(NN)ncc1Cl. The number of hydrogen-bond donors (Lipinski definition) is 3. The molecule has 2 rings (SSSR count). The van der Waals surface area contributed by atoms with Gasteiger partial charge in [0, 0.05) is 12.6 Å². The minimum atomic E-state index is 0.274. The first-order valence-electron chi connectivity index (χ1n) is 6.67. The van der Waals surface area contributed by atoms with Crippen molar-refractivity contribution in [1.82, 2.24) is 14.9 Å². The van der Waals surface area contributed by atoms with Gasteiger partial charge in [0.15, 0.2) is 5.82 Å². The molecule has 1 aliphatic heterocycles. The standard InChI is InChI=1S/C12H21ClN6/c1-9(8-19-5-3-2-4-6-19)16-11-10(13)7-15-12(17-11)18-14/h7,9H,2-6,8,14H2,1H3,(H2,15,16,17,18). The highest BCUT2D eigenvalue weighted by molar-refractivity contribution is 6.32. The number of halogens is 1. The van der Waals surface area contributed by atoms with Crippen LogP contribution in [0.2, 0.25) is 5.02 Å². The summed E-state index contributed by atoms with van der Waals surface area (Å²) in [5, 5.41) is 3.82. The highest BCUT2D eigenvalue weighted by atomic mass is 35.5. The molecule has 106 valence electrons. The smallest absolute Gasteiger partial charge is 0.239 e. The summed E-state index contributed by atoms with van der Waals surface area (Å²) in [7, 11) is 0. The molecule has 0 radical (unpaired) electrons. The Balaban J connectivity index is 1.92. The largest absolute Gasteiger partial charge is 0.365 e. The summed E-state index contributed by atoms with van der Waals surface area (Å²) in [5.74, 6) is 6.27. The first-order valence-corrected chi connectivity index (χ1v) is 7.05. The van der Waals surface area contributed by atoms with Crippen LogP contribution in [0.4, 0.5) is 11.8 Å². The van der Waals surface area contributed by atoms with E-state index >= 15 is 0 Å². The maximum atomic E-state index is 6.07. The molecule has 1 atom stereocenters. The number of aromatic nitrogens is 2. The molecule has 19 heavy (non-hydrogen) atoms. The summed E-state index contributed by atoms with van der Waals surface area (Å²) >= 11 is 6.07. The highest BCUT2D eigenvalue weighted by Crippen LogP contribution is 2.20. The first kappa shape index (κ1) is 14.3. The average molecular weight is 285 g/mol. The minimum Gasteiger partial charge on any atom is -0.365 e. The van der Waals surface area contributed by atoms with Crippen LogP contribution >= 0.6 is 11.6 Å². The third-order valence-electron chi connectivity index (χ3n) is 3.24. The summed E-state index contributed by atoms with van der Waals surface area (Å²) in [4.78, 5) is 10.6. The molecule has 0 aromatic carbocycles. The van der Waals surface area contributed by atoms with E-state index in [0.29, 0.717) is 16.8 Å². The Morgan fingerprint density at radius 1 is 1.42 bits per heavy atom. The normalized spacial score (nSPS) is 18.1. The van der Waals surface area contributed by atoms with Crippen LogP contribution in [0.3, 0.4) is 0 Å². The maximum absolute atomic E-state index is 6.07. The second kappa shape index (κ2) is 6.88. The molecule has 4 N–H and O–H groups in total. The molecule has 2 heterocycles. The van der Waals surface area contributed by atoms with Gasteiger partial charge in [0.05, 0.1) is 6.20 Å². The molecule has 1 aromatic rings. The molecule has 1 unspecified atom stereocenters. The van der Waals surface area contributed by atoms with E-state index in [2.05, 4.69) is 32.5 Å². The van der Waals surface area contributed by atoms with Gasteiger partial charge in [0.1, 0.15) is 5.02 Å². The predicted octanol–water partition coefficient (Wildman–Crippen LogP) is 1.70. The van der Waals surface area contributed by atoms with Crippen LogP contribution in [0.1, 0.15) is 26.2 Å². The van der Waals surface area contributed by atoms with Gasteiger partial charge >= 0.3 is 0 Å². The van der Waals surface area contributed by atoms with Crippen molar-refractivity contribution < 1.29 is 0 Å². The number of nitrogens with zero attached hydrogens (tertiary/aromatic N) is 3. The number of piperidine rings is 1. The van der Waals surface area contributed by atoms with Crippen molar-refractivity contribution in [2.24, 2.45) is 5.84 Å². The molecule has 1 fully saturated rings. The second-order valence-corrected chi connectivity index (χ2v) is 5.35. The second-order valence-electron chi connectivity index (χ2n) is 4.94. The van der Waals surface area contributed by atoms with E-state index in [1.807, 2.05) is 0 Å². The fourth-order valence-electron chi connectivity index (χ4n) is 2.35. The van der Waals surface area contributed by atoms with Gasteiger partial charge in [0.25, 0.3) is 0 Å². The van der Waals surface area contributed by atoms with Crippen molar-refractivity contribution in [3.05, 3.63) is 11.2 Å². The lowest BCUT2D eigenvalue weighted by Gasteiger charge is -2.29. The summed E-state index contributed by atoms with van der Waals surface area (Å²) in [6, 6.07) is 0.274. The topological polar surface area (TPSA) is 79.1 Å². The summed E-state index contributed by atoms with van der Waals surface area (Å²) < 4.78 is 0. The Bertz CT molecular complexity index is 407. The summed E-state index contributed by atoms with van der Waals surface area (Å²) in [6.07, 6.45) is 5.48. The van der Waals surface area contributed by atoms with Gasteiger partial charge in [-0.3, -0.25) is 5.43 Å². The molecular weight excluding hydrogens is 264 g/mol. The van der Waals surface area contributed by atoms with Crippen LogP contribution in [0.5, 0.6) is 0 Å². The van der Waals surface area contributed by atoms with Gasteiger partial charge in [0.2, 0.25) is 5.95 Å². The molecule has 0 spiro atoms. The van der Waals surface area contributed by atoms with Crippen molar-refractivity contribution in [3.8, 4) is 0 Å². The molecule has 1 aliphatic rings. The number of rotatable bonds is 5. The summed E-state index contributed by atoms with van der Waals surface area (Å²) in [5.41, 5.74) is 2.42. The van der Waals surface area contributed by atoms with Crippen molar-refractivity contribution in [1.29, 1.82) is 0 Å². The van der Waals surface area contributed by atoms with E-state index in [0.717, 1.165) is 6.54 Å². The third-order valence-corrected chi connectivity index (χ3v) is 3.51. The number of likely N-dealkylation sites (tertiary alicyclic amines) is 1. The van der Waals surface area contributed by atoms with Crippen molar-refractivity contribution >= 4 is 23.4 Å². The quantitative estimate of drug-likeness (QED) is 0.564. The molecule has 6 nitrogen and oxygen atoms in total. The maximum Gasteiger partial charge on any atom is 0.239 e. The molecule has 0 saturated carbocycles. The lowest BCUT2D eigenvalue weighted by molar-refractivity contribution is 0.223. The zero-order valence-electron chi connectivity index (χ0n) is 11.2. The number of anilines is 2. The van der Waals surface area contributed by atoms with Crippen LogP contribution in [0, 0.1) is 0 Å². The third kappa shape index (κ3) is 4.19. The van der Waals surface area contributed by atoms with Crippen molar-refractivity contribution in [2.75, 3.05) is 30.4 Å². The van der Waals surface area contributed by atoms with Gasteiger partial charge in [-0.25, -0.2) is 10.8 Å². The lowest BCUT2D eigenvalue weighted by atomic mass is 10.1. The first-order chi connectivity index (χ1) is 9.19. The Labute approximate surface area is 118 Å². The molecule has 0 bridgehead atoms. The Morgan fingerprint density at radius 3 is 2.84 bits per heavy atom. The van der Waals surface area contributed by atoms with Gasteiger partial charge in [-0.1, -0.05) is 18.0 Å². The fraction of sp³-hybridized carbons (Fsp3) is 0.667. The minimum absolute atomic E-state index is 0.274. The van der Waals surface area contributed by atoms with Crippen LogP contribution in [0.15, 0.2) is 6.20 Å². The molecule has 7 heteroatoms. The average Bonchev–Trinajstić information content (AvgIpc) is 2.42. The zero-order chi connectivity index (χ0) is 13.7. The lowest BCUT2D eigenvalue weighted by Crippen LogP contribution is -2.38. The van der Waals surface area contributed by atoms with E-state index in [4.69, 9.17) is 17.4 Å². The Hall–Kier alpha value is -1.11. The molecular formula is C12H21ClN6. The zero-order valence-corrected chi connectivity index (χ0v) is 12.0. The van der Waals surface area contributed by atoms with E-state index in [1.165, 1.54) is 32.4 Å². The van der Waals surface area contributed by atoms with Crippen LogP contribution < -0.4 is 16.6 Å². The number of hydrogen-bond acceptors (Lipinski definition) is 6. The highest BCUT2D eigenvalue weighted by Gasteiger charge is 2.14. The van der Waals surface area contributed by atoms with Gasteiger partial charge in [-0.15, -0.1) is 0 Å². The molecule has 1 saturated heterocycles. The monoisotopic (exact) mass is 284 g/mol. The van der Waals surface area contributed by atoms with Gasteiger partial charge < -0.3 is 10.2 Å².